The molecule has 0 unspecified atom stereocenters. The first-order chi connectivity index (χ1) is 12.4. The second-order valence-electron chi connectivity index (χ2n) is 8.74. The van der Waals surface area contributed by atoms with Gasteiger partial charge in [0.05, 0.1) is 30.7 Å². The van der Waals surface area contributed by atoms with Gasteiger partial charge >= 0.3 is 0 Å². The number of fused-ring (bicyclic) bond motifs is 8. The Kier molecular flexibility index (Phi) is 3.29. The topological polar surface area (TPSA) is 55.8 Å². The highest BCUT2D eigenvalue weighted by Gasteiger charge is 2.64. The van der Waals surface area contributed by atoms with Gasteiger partial charge in [0.2, 0.25) is 6.29 Å². The number of hydrogen-bond donors (Lipinski definition) is 0. The summed E-state index contributed by atoms with van der Waals surface area (Å²) in [7, 11) is 0. The van der Waals surface area contributed by atoms with Gasteiger partial charge < -0.3 is 14.4 Å². The fraction of sp³-hybridized carbons (Fsp3) is 0.524. The average molecular weight is 353 g/mol. The Morgan fingerprint density at radius 3 is 2.77 bits per heavy atom. The molecule has 0 radical (unpaired) electrons. The van der Waals surface area contributed by atoms with Crippen LogP contribution in [0.15, 0.2) is 30.5 Å². The molecule has 4 heterocycles. The Morgan fingerprint density at radius 2 is 2.00 bits per heavy atom. The smallest absolute Gasteiger partial charge is 0.218 e. The van der Waals surface area contributed by atoms with Crippen molar-refractivity contribution in [1.29, 1.82) is 0 Å². The summed E-state index contributed by atoms with van der Waals surface area (Å²) in [4.78, 5) is 28.6. The number of benzene rings is 1. The quantitative estimate of drug-likeness (QED) is 0.777. The molecule has 4 aliphatic rings. The lowest BCUT2D eigenvalue weighted by molar-refractivity contribution is -0.165. The lowest BCUT2D eigenvalue weighted by atomic mass is 9.73. The molecule has 5 heteroatoms. The SMILES string of the molecule is CC(C)(C)C(=O)[C@H]1[C@H]2[C@@H](C(=O)[C@@H]3OC[C@@H]2O3)[C@@H]2c3ccccc3C=CN12. The highest BCUT2D eigenvalue weighted by Crippen LogP contribution is 2.55. The molecule has 0 spiro atoms. The summed E-state index contributed by atoms with van der Waals surface area (Å²) in [6, 6.07) is 7.64. The van der Waals surface area contributed by atoms with E-state index in [1.54, 1.807) is 0 Å². The van der Waals surface area contributed by atoms with Gasteiger partial charge in [-0.05, 0) is 17.2 Å². The molecular formula is C21H23NO4. The van der Waals surface area contributed by atoms with Gasteiger partial charge in [-0.1, -0.05) is 45.0 Å². The zero-order valence-electron chi connectivity index (χ0n) is 15.2. The van der Waals surface area contributed by atoms with E-state index in [-0.39, 0.29) is 41.6 Å². The molecule has 0 N–H and O–H groups in total. The van der Waals surface area contributed by atoms with Crippen LogP contribution in [0.5, 0.6) is 0 Å². The zero-order chi connectivity index (χ0) is 18.2. The largest absolute Gasteiger partial charge is 0.359 e. The van der Waals surface area contributed by atoms with Crippen molar-refractivity contribution in [3.63, 3.8) is 0 Å². The monoisotopic (exact) mass is 353 g/mol. The van der Waals surface area contributed by atoms with Gasteiger partial charge in [0.15, 0.2) is 11.6 Å². The highest BCUT2D eigenvalue weighted by molar-refractivity contribution is 5.94. The van der Waals surface area contributed by atoms with Gasteiger partial charge in [0.1, 0.15) is 0 Å². The standard InChI is InChI=1S/C21H23NO4/c1-21(2,3)19(24)17-14-13-10-25-20(26-13)18(23)15(14)16-12-7-5-4-6-11(12)8-9-22(16)17/h4-9,13-17,20H,10H2,1-3H3/t13-,14+,15+,16-,17+,20+/m0/s1. The van der Waals surface area contributed by atoms with E-state index in [2.05, 4.69) is 17.0 Å². The van der Waals surface area contributed by atoms with Crippen molar-refractivity contribution in [3.05, 3.63) is 41.6 Å². The Morgan fingerprint density at radius 1 is 1.23 bits per heavy atom. The van der Waals surface area contributed by atoms with E-state index in [9.17, 15) is 9.59 Å². The van der Waals surface area contributed by atoms with Crippen LogP contribution in [0.3, 0.4) is 0 Å². The number of hydrogen-bond acceptors (Lipinski definition) is 5. The van der Waals surface area contributed by atoms with Crippen LogP contribution in [0.2, 0.25) is 0 Å². The van der Waals surface area contributed by atoms with Crippen LogP contribution in [-0.2, 0) is 19.1 Å². The Labute approximate surface area is 153 Å². The van der Waals surface area contributed by atoms with Crippen LogP contribution in [0.4, 0.5) is 0 Å². The molecule has 3 fully saturated rings. The second-order valence-corrected chi connectivity index (χ2v) is 8.74. The normalized spacial score (nSPS) is 37.3. The lowest BCUT2D eigenvalue weighted by Crippen LogP contribution is -2.50. The van der Waals surface area contributed by atoms with Crippen molar-refractivity contribution in [3.8, 4) is 0 Å². The summed E-state index contributed by atoms with van der Waals surface area (Å²) < 4.78 is 11.4. The van der Waals surface area contributed by atoms with Crippen molar-refractivity contribution in [2.75, 3.05) is 6.61 Å². The second kappa shape index (κ2) is 5.27. The first-order valence-corrected chi connectivity index (χ1v) is 9.27. The first kappa shape index (κ1) is 16.2. The van der Waals surface area contributed by atoms with E-state index in [1.807, 2.05) is 45.2 Å². The van der Waals surface area contributed by atoms with Crippen molar-refractivity contribution in [1.82, 2.24) is 4.90 Å². The molecule has 5 nitrogen and oxygen atoms in total. The summed E-state index contributed by atoms with van der Waals surface area (Å²) in [5.41, 5.74) is 1.74. The van der Waals surface area contributed by atoms with Gasteiger partial charge in [-0.2, -0.15) is 0 Å². The number of ether oxygens (including phenoxy) is 2. The number of carbonyl (C=O) groups excluding carboxylic acids is 2. The molecule has 4 aliphatic heterocycles. The molecule has 136 valence electrons. The molecule has 1 aromatic carbocycles. The summed E-state index contributed by atoms with van der Waals surface area (Å²) in [5.74, 6) is -0.314. The molecule has 0 aliphatic carbocycles. The van der Waals surface area contributed by atoms with Crippen LogP contribution >= 0.6 is 0 Å². The molecule has 1 aromatic rings. The maximum Gasteiger partial charge on any atom is 0.218 e. The minimum Gasteiger partial charge on any atom is -0.359 e. The van der Waals surface area contributed by atoms with Crippen LogP contribution in [-0.4, -0.2) is 41.5 Å². The summed E-state index contributed by atoms with van der Waals surface area (Å²) in [6.45, 7) is 6.22. The van der Waals surface area contributed by atoms with E-state index in [0.29, 0.717) is 6.61 Å². The molecule has 2 bridgehead atoms. The van der Waals surface area contributed by atoms with E-state index in [4.69, 9.17) is 9.47 Å². The molecule has 0 aromatic heterocycles. The predicted octanol–water partition coefficient (Wildman–Crippen LogP) is 2.57. The third-order valence-electron chi connectivity index (χ3n) is 6.21. The van der Waals surface area contributed by atoms with Crippen molar-refractivity contribution < 1.29 is 19.1 Å². The third kappa shape index (κ3) is 2.04. The van der Waals surface area contributed by atoms with Crippen molar-refractivity contribution in [2.45, 2.75) is 45.2 Å². The predicted molar refractivity (Wildman–Crippen MR) is 94.9 cm³/mol. The Balaban J connectivity index is 1.68. The number of Topliss-reactive ketones (excluding diaryl/α,β-unsaturated/α-hetero) is 2. The molecular weight excluding hydrogens is 330 g/mol. The van der Waals surface area contributed by atoms with Gasteiger partial charge in [0, 0.05) is 17.5 Å². The van der Waals surface area contributed by atoms with E-state index in [0.717, 1.165) is 11.1 Å². The Hall–Kier alpha value is -1.98. The van der Waals surface area contributed by atoms with Gasteiger partial charge in [0.25, 0.3) is 0 Å². The number of carbonyl (C=O) groups is 2. The Bertz CT molecular complexity index is 824. The van der Waals surface area contributed by atoms with E-state index >= 15 is 0 Å². The van der Waals surface area contributed by atoms with Crippen LogP contribution in [0, 0.1) is 17.3 Å². The van der Waals surface area contributed by atoms with Crippen LogP contribution < -0.4 is 0 Å². The number of ketones is 2. The van der Waals surface area contributed by atoms with Gasteiger partial charge in [-0.3, -0.25) is 9.59 Å². The molecule has 5 rings (SSSR count). The number of rotatable bonds is 1. The van der Waals surface area contributed by atoms with Crippen LogP contribution in [0.25, 0.3) is 6.08 Å². The molecule has 3 saturated heterocycles. The fourth-order valence-electron chi connectivity index (χ4n) is 5.06. The third-order valence-corrected chi connectivity index (χ3v) is 6.21. The maximum absolute atomic E-state index is 13.4. The summed E-state index contributed by atoms with van der Waals surface area (Å²) >= 11 is 0. The minimum absolute atomic E-state index is 0.0203. The van der Waals surface area contributed by atoms with E-state index in [1.165, 1.54) is 0 Å². The van der Waals surface area contributed by atoms with Crippen LogP contribution in [0.1, 0.15) is 37.9 Å². The summed E-state index contributed by atoms with van der Waals surface area (Å²) in [5, 5.41) is 0. The summed E-state index contributed by atoms with van der Waals surface area (Å²) in [6.07, 6.45) is 3.07. The highest BCUT2D eigenvalue weighted by atomic mass is 16.7. The van der Waals surface area contributed by atoms with E-state index < -0.39 is 11.7 Å². The van der Waals surface area contributed by atoms with Gasteiger partial charge in [-0.15, -0.1) is 0 Å². The molecule has 0 amide bonds. The molecule has 26 heavy (non-hydrogen) atoms. The first-order valence-electron chi connectivity index (χ1n) is 9.27. The fourth-order valence-corrected chi connectivity index (χ4v) is 5.06. The molecule has 6 atom stereocenters. The number of nitrogens with zero attached hydrogens (tertiary/aromatic N) is 1. The van der Waals surface area contributed by atoms with Crippen molar-refractivity contribution in [2.24, 2.45) is 17.3 Å². The molecule has 0 saturated carbocycles. The maximum atomic E-state index is 13.4. The minimum atomic E-state index is -0.773. The lowest BCUT2D eigenvalue weighted by Gasteiger charge is -2.36. The zero-order valence-corrected chi connectivity index (χ0v) is 15.2. The van der Waals surface area contributed by atoms with Crippen molar-refractivity contribution >= 4 is 17.6 Å². The van der Waals surface area contributed by atoms with Gasteiger partial charge in [-0.25, -0.2) is 0 Å². The average Bonchev–Trinajstić information content (AvgIpc) is 3.19.